The standard InChI is InChI=1S/C23H20IN3O2S/c1-27(15-16-8-3-2-4-9-16)22(29)19-12-5-6-13-20(19)25-23(30)26-21(28)17-10-7-11-18(24)14-17/h2-14H,15H2,1H3,(H2,25,26,28,30). The Morgan fingerprint density at radius 2 is 1.67 bits per heavy atom. The summed E-state index contributed by atoms with van der Waals surface area (Å²) in [5.74, 6) is -0.454. The Bertz CT molecular complexity index is 1070. The van der Waals surface area contributed by atoms with E-state index in [-0.39, 0.29) is 16.9 Å². The predicted molar refractivity (Wildman–Crippen MR) is 132 cm³/mol. The van der Waals surface area contributed by atoms with Crippen molar-refractivity contribution in [2.75, 3.05) is 12.4 Å². The zero-order chi connectivity index (χ0) is 21.5. The van der Waals surface area contributed by atoms with Gasteiger partial charge in [0.15, 0.2) is 5.11 Å². The number of para-hydroxylation sites is 1. The number of nitrogens with zero attached hydrogens (tertiary/aromatic N) is 1. The van der Waals surface area contributed by atoms with Crippen LogP contribution in [0.25, 0.3) is 0 Å². The molecule has 0 aliphatic heterocycles. The Morgan fingerprint density at radius 3 is 2.40 bits per heavy atom. The van der Waals surface area contributed by atoms with E-state index in [1.165, 1.54) is 0 Å². The van der Waals surface area contributed by atoms with Crippen molar-refractivity contribution < 1.29 is 9.59 Å². The molecule has 3 aromatic rings. The van der Waals surface area contributed by atoms with Gasteiger partial charge in [0.25, 0.3) is 11.8 Å². The first-order valence-electron chi connectivity index (χ1n) is 9.20. The third-order valence-electron chi connectivity index (χ3n) is 4.33. The molecule has 0 radical (unpaired) electrons. The van der Waals surface area contributed by atoms with Crippen LogP contribution in [0.15, 0.2) is 78.9 Å². The highest BCUT2D eigenvalue weighted by molar-refractivity contribution is 14.1. The Morgan fingerprint density at radius 1 is 0.967 bits per heavy atom. The van der Waals surface area contributed by atoms with E-state index in [4.69, 9.17) is 12.2 Å². The number of hydrogen-bond acceptors (Lipinski definition) is 3. The van der Waals surface area contributed by atoms with Crippen molar-refractivity contribution in [3.63, 3.8) is 0 Å². The summed E-state index contributed by atoms with van der Waals surface area (Å²) >= 11 is 7.44. The molecule has 0 saturated heterocycles. The van der Waals surface area contributed by atoms with Crippen LogP contribution in [0.5, 0.6) is 0 Å². The van der Waals surface area contributed by atoms with E-state index < -0.39 is 0 Å². The van der Waals surface area contributed by atoms with E-state index in [0.29, 0.717) is 23.4 Å². The quantitative estimate of drug-likeness (QED) is 0.372. The molecule has 5 nitrogen and oxygen atoms in total. The van der Waals surface area contributed by atoms with Gasteiger partial charge in [-0.2, -0.15) is 0 Å². The lowest BCUT2D eigenvalue weighted by molar-refractivity contribution is 0.0786. The summed E-state index contributed by atoms with van der Waals surface area (Å²) in [5, 5.41) is 5.77. The Hall–Kier alpha value is -2.78. The van der Waals surface area contributed by atoms with Gasteiger partial charge in [-0.05, 0) is 70.7 Å². The van der Waals surface area contributed by atoms with E-state index in [1.54, 1.807) is 48.3 Å². The molecule has 0 spiro atoms. The third kappa shape index (κ3) is 5.87. The van der Waals surface area contributed by atoms with E-state index >= 15 is 0 Å². The number of anilines is 1. The van der Waals surface area contributed by atoms with Crippen LogP contribution in [0, 0.1) is 3.57 Å². The van der Waals surface area contributed by atoms with Crippen molar-refractivity contribution in [3.8, 4) is 0 Å². The molecule has 0 heterocycles. The molecule has 0 aromatic heterocycles. The van der Waals surface area contributed by atoms with Gasteiger partial charge < -0.3 is 10.2 Å². The molecule has 0 aliphatic carbocycles. The summed E-state index contributed by atoms with van der Waals surface area (Å²) in [6.07, 6.45) is 0. The van der Waals surface area contributed by atoms with Gasteiger partial charge in [0.05, 0.1) is 11.3 Å². The third-order valence-corrected chi connectivity index (χ3v) is 5.20. The molecule has 0 unspecified atom stereocenters. The fourth-order valence-electron chi connectivity index (χ4n) is 2.87. The summed E-state index contributed by atoms with van der Waals surface area (Å²) in [5.41, 5.74) is 2.56. The average molecular weight is 529 g/mol. The van der Waals surface area contributed by atoms with Gasteiger partial charge in [-0.1, -0.05) is 48.5 Å². The van der Waals surface area contributed by atoms with Crippen LogP contribution >= 0.6 is 34.8 Å². The zero-order valence-corrected chi connectivity index (χ0v) is 19.2. The Balaban J connectivity index is 1.69. The predicted octanol–water partition coefficient (Wildman–Crippen LogP) is 4.69. The lowest BCUT2D eigenvalue weighted by atomic mass is 10.1. The Kier molecular flexibility index (Phi) is 7.53. The number of carbonyl (C=O) groups excluding carboxylic acids is 2. The monoisotopic (exact) mass is 529 g/mol. The molecule has 2 amide bonds. The summed E-state index contributed by atoms with van der Waals surface area (Å²) in [6, 6.07) is 24.1. The van der Waals surface area contributed by atoms with Gasteiger partial charge in [0.1, 0.15) is 0 Å². The summed E-state index contributed by atoms with van der Waals surface area (Å²) in [4.78, 5) is 27.0. The minimum absolute atomic E-state index is 0.129. The van der Waals surface area contributed by atoms with Gasteiger partial charge >= 0.3 is 0 Å². The van der Waals surface area contributed by atoms with Crippen molar-refractivity contribution in [1.82, 2.24) is 10.2 Å². The highest BCUT2D eigenvalue weighted by Crippen LogP contribution is 2.18. The van der Waals surface area contributed by atoms with Crippen molar-refractivity contribution in [2.45, 2.75) is 6.54 Å². The summed E-state index contributed by atoms with van der Waals surface area (Å²) in [6.45, 7) is 0.488. The van der Waals surface area contributed by atoms with E-state index in [0.717, 1.165) is 9.13 Å². The number of halogens is 1. The molecular formula is C23H20IN3O2S. The zero-order valence-electron chi connectivity index (χ0n) is 16.3. The first-order chi connectivity index (χ1) is 14.4. The molecule has 0 aliphatic rings. The maximum Gasteiger partial charge on any atom is 0.257 e. The number of carbonyl (C=O) groups is 2. The molecule has 3 rings (SSSR count). The summed E-state index contributed by atoms with van der Waals surface area (Å²) < 4.78 is 0.955. The molecule has 152 valence electrons. The lowest BCUT2D eigenvalue weighted by Crippen LogP contribution is -2.35. The first-order valence-corrected chi connectivity index (χ1v) is 10.7. The highest BCUT2D eigenvalue weighted by atomic mass is 127. The smallest absolute Gasteiger partial charge is 0.257 e. The maximum absolute atomic E-state index is 13.0. The van der Waals surface area contributed by atoms with Crippen LogP contribution < -0.4 is 10.6 Å². The second-order valence-corrected chi connectivity index (χ2v) is 8.26. The first kappa shape index (κ1) is 21.9. The van der Waals surface area contributed by atoms with E-state index in [1.807, 2.05) is 42.5 Å². The number of amides is 2. The van der Waals surface area contributed by atoms with Crippen LogP contribution in [0.1, 0.15) is 26.3 Å². The lowest BCUT2D eigenvalue weighted by Gasteiger charge is -2.20. The SMILES string of the molecule is CN(Cc1ccccc1)C(=O)c1ccccc1NC(=S)NC(=O)c1cccc(I)c1. The van der Waals surface area contributed by atoms with Crippen LogP contribution in [0.3, 0.4) is 0 Å². The molecule has 30 heavy (non-hydrogen) atoms. The number of thiocarbonyl (C=S) groups is 1. The van der Waals surface area contributed by atoms with Gasteiger partial charge in [0, 0.05) is 22.7 Å². The fourth-order valence-corrected chi connectivity index (χ4v) is 3.62. The maximum atomic E-state index is 13.0. The molecule has 0 bridgehead atoms. The molecule has 3 aromatic carbocycles. The van der Waals surface area contributed by atoms with Crippen molar-refractivity contribution in [2.24, 2.45) is 0 Å². The van der Waals surface area contributed by atoms with Crippen LogP contribution in [0.2, 0.25) is 0 Å². The van der Waals surface area contributed by atoms with Crippen LogP contribution in [-0.4, -0.2) is 28.9 Å². The molecule has 0 atom stereocenters. The highest BCUT2D eigenvalue weighted by Gasteiger charge is 2.17. The molecule has 7 heteroatoms. The van der Waals surface area contributed by atoms with Crippen LogP contribution in [0.4, 0.5) is 5.69 Å². The average Bonchev–Trinajstić information content (AvgIpc) is 2.74. The number of hydrogen-bond donors (Lipinski definition) is 2. The van der Waals surface area contributed by atoms with Crippen molar-refractivity contribution in [3.05, 3.63) is 99.1 Å². The normalized spacial score (nSPS) is 10.2. The summed E-state index contributed by atoms with van der Waals surface area (Å²) in [7, 11) is 1.75. The van der Waals surface area contributed by atoms with Crippen molar-refractivity contribution in [1.29, 1.82) is 0 Å². The fraction of sp³-hybridized carbons (Fsp3) is 0.0870. The van der Waals surface area contributed by atoms with Crippen LogP contribution in [-0.2, 0) is 6.54 Å². The van der Waals surface area contributed by atoms with Gasteiger partial charge in [-0.15, -0.1) is 0 Å². The van der Waals surface area contributed by atoms with Gasteiger partial charge in [0.2, 0.25) is 0 Å². The van der Waals surface area contributed by atoms with E-state index in [9.17, 15) is 9.59 Å². The van der Waals surface area contributed by atoms with Crippen molar-refractivity contribution >= 4 is 57.4 Å². The molecular weight excluding hydrogens is 509 g/mol. The number of benzene rings is 3. The molecule has 2 N–H and O–H groups in total. The number of nitrogens with one attached hydrogen (secondary N) is 2. The van der Waals surface area contributed by atoms with Gasteiger partial charge in [-0.3, -0.25) is 14.9 Å². The largest absolute Gasteiger partial charge is 0.337 e. The second-order valence-electron chi connectivity index (χ2n) is 6.61. The number of rotatable bonds is 5. The second kappa shape index (κ2) is 10.3. The molecule has 0 fully saturated rings. The minimum atomic E-state index is -0.309. The van der Waals surface area contributed by atoms with Gasteiger partial charge in [-0.25, -0.2) is 0 Å². The molecule has 0 saturated carbocycles. The van der Waals surface area contributed by atoms with E-state index in [2.05, 4.69) is 33.2 Å². The Labute approximate surface area is 194 Å². The minimum Gasteiger partial charge on any atom is -0.337 e. The topological polar surface area (TPSA) is 61.4 Å².